The Labute approximate surface area is 113 Å². The van der Waals surface area contributed by atoms with Crippen LogP contribution in [0.1, 0.15) is 43.7 Å². The lowest BCUT2D eigenvalue weighted by atomic mass is 9.83. The fraction of sp³-hybridized carbons (Fsp3) is 0.643. The van der Waals surface area contributed by atoms with Crippen LogP contribution < -0.4 is 10.6 Å². The highest BCUT2D eigenvalue weighted by molar-refractivity contribution is 5.77. The summed E-state index contributed by atoms with van der Waals surface area (Å²) in [6, 6.07) is 2.09. The molecule has 0 spiro atoms. The maximum atomic E-state index is 11.3. The van der Waals surface area contributed by atoms with Gasteiger partial charge in [-0.1, -0.05) is 6.42 Å². The molecule has 1 atom stereocenters. The van der Waals surface area contributed by atoms with Crippen molar-refractivity contribution in [2.75, 3.05) is 18.0 Å². The summed E-state index contributed by atoms with van der Waals surface area (Å²) in [5.74, 6) is 1.31. The first-order valence-electron chi connectivity index (χ1n) is 7.10. The van der Waals surface area contributed by atoms with Gasteiger partial charge in [0.2, 0.25) is 5.91 Å². The molecule has 1 amide bonds. The van der Waals surface area contributed by atoms with Crippen molar-refractivity contribution in [1.82, 2.24) is 9.97 Å². The first-order chi connectivity index (χ1) is 9.24. The van der Waals surface area contributed by atoms with Crippen LogP contribution in [0.4, 0.5) is 5.82 Å². The first kappa shape index (κ1) is 12.4. The Bertz CT molecular complexity index is 472. The summed E-state index contributed by atoms with van der Waals surface area (Å²) < 4.78 is 0. The van der Waals surface area contributed by atoms with Crippen molar-refractivity contribution in [3.05, 3.63) is 18.1 Å². The second-order valence-corrected chi connectivity index (χ2v) is 5.62. The number of amides is 1. The van der Waals surface area contributed by atoms with Crippen LogP contribution in [0.15, 0.2) is 12.4 Å². The van der Waals surface area contributed by atoms with Gasteiger partial charge in [0.15, 0.2) is 0 Å². The summed E-state index contributed by atoms with van der Waals surface area (Å²) in [5, 5.41) is 0. The van der Waals surface area contributed by atoms with Gasteiger partial charge in [0.25, 0.3) is 0 Å². The summed E-state index contributed by atoms with van der Waals surface area (Å²) in [5.41, 5.74) is 6.57. The minimum Gasteiger partial charge on any atom is -0.369 e. The maximum Gasteiger partial charge on any atom is 0.222 e. The molecule has 2 fully saturated rings. The molecular weight excluding hydrogens is 240 g/mol. The predicted molar refractivity (Wildman–Crippen MR) is 72.8 cm³/mol. The van der Waals surface area contributed by atoms with E-state index in [1.54, 1.807) is 6.33 Å². The molecule has 1 aromatic rings. The number of rotatable bonds is 3. The normalized spacial score (nSPS) is 24.0. The van der Waals surface area contributed by atoms with E-state index in [0.717, 1.165) is 30.9 Å². The summed E-state index contributed by atoms with van der Waals surface area (Å²) in [4.78, 5) is 22.2. The molecule has 1 aliphatic heterocycles. The summed E-state index contributed by atoms with van der Waals surface area (Å²) in [7, 11) is 0. The number of nitrogens with two attached hydrogens (primary N) is 1. The van der Waals surface area contributed by atoms with E-state index >= 15 is 0 Å². The van der Waals surface area contributed by atoms with Gasteiger partial charge >= 0.3 is 0 Å². The number of piperidine rings is 1. The summed E-state index contributed by atoms with van der Waals surface area (Å²) >= 11 is 0. The van der Waals surface area contributed by atoms with E-state index in [1.807, 2.05) is 0 Å². The van der Waals surface area contributed by atoms with Crippen LogP contribution in [0.3, 0.4) is 0 Å². The third-order valence-electron chi connectivity index (χ3n) is 4.34. The van der Waals surface area contributed by atoms with E-state index in [0.29, 0.717) is 12.5 Å². The molecule has 0 aromatic carbocycles. The molecule has 2 heterocycles. The lowest BCUT2D eigenvalue weighted by Crippen LogP contribution is -2.41. The molecule has 0 radical (unpaired) electrons. The van der Waals surface area contributed by atoms with Crippen LogP contribution >= 0.6 is 0 Å². The number of hydrogen-bond acceptors (Lipinski definition) is 4. The third kappa shape index (κ3) is 2.55. The highest BCUT2D eigenvalue weighted by Gasteiger charge is 2.26. The van der Waals surface area contributed by atoms with Crippen LogP contribution in [-0.2, 0) is 4.79 Å². The van der Waals surface area contributed by atoms with Gasteiger partial charge in [-0.15, -0.1) is 0 Å². The zero-order valence-electron chi connectivity index (χ0n) is 11.1. The fourth-order valence-corrected chi connectivity index (χ4v) is 2.88. The Morgan fingerprint density at radius 2 is 2.11 bits per heavy atom. The molecular formula is C14H20N4O. The van der Waals surface area contributed by atoms with Gasteiger partial charge in [0.1, 0.15) is 12.1 Å². The van der Waals surface area contributed by atoms with Crippen LogP contribution in [0.5, 0.6) is 0 Å². The van der Waals surface area contributed by atoms with Crippen LogP contribution in [0.2, 0.25) is 0 Å². The average Bonchev–Trinajstić information content (AvgIpc) is 2.37. The van der Waals surface area contributed by atoms with E-state index in [2.05, 4.69) is 20.9 Å². The van der Waals surface area contributed by atoms with E-state index in [-0.39, 0.29) is 11.8 Å². The molecule has 3 rings (SSSR count). The smallest absolute Gasteiger partial charge is 0.222 e. The zero-order valence-corrected chi connectivity index (χ0v) is 11.1. The molecule has 2 N–H and O–H groups in total. The molecule has 0 bridgehead atoms. The molecule has 5 nitrogen and oxygen atoms in total. The minimum atomic E-state index is -0.196. The van der Waals surface area contributed by atoms with Crippen molar-refractivity contribution in [1.29, 1.82) is 0 Å². The summed E-state index contributed by atoms with van der Waals surface area (Å²) in [6.07, 6.45) is 7.32. The quantitative estimate of drug-likeness (QED) is 0.892. The lowest BCUT2D eigenvalue weighted by molar-refractivity contribution is -0.122. The van der Waals surface area contributed by atoms with E-state index < -0.39 is 0 Å². The van der Waals surface area contributed by atoms with Crippen LogP contribution in [-0.4, -0.2) is 29.0 Å². The van der Waals surface area contributed by atoms with Gasteiger partial charge in [0.05, 0.1) is 5.92 Å². The number of hydrogen-bond donors (Lipinski definition) is 1. The van der Waals surface area contributed by atoms with Crippen molar-refractivity contribution in [3.8, 4) is 0 Å². The van der Waals surface area contributed by atoms with Gasteiger partial charge in [0, 0.05) is 30.8 Å². The minimum absolute atomic E-state index is 0.0455. The second kappa shape index (κ2) is 5.15. The predicted octanol–water partition coefficient (Wildman–Crippen LogP) is 1.45. The number of anilines is 1. The zero-order chi connectivity index (χ0) is 13.2. The lowest BCUT2D eigenvalue weighted by Gasteiger charge is -2.33. The number of carbonyl (C=O) groups is 1. The molecule has 19 heavy (non-hydrogen) atoms. The van der Waals surface area contributed by atoms with Gasteiger partial charge < -0.3 is 10.6 Å². The highest BCUT2D eigenvalue weighted by Crippen LogP contribution is 2.36. The Hall–Kier alpha value is -1.65. The van der Waals surface area contributed by atoms with Gasteiger partial charge in [-0.05, 0) is 25.7 Å². The first-order valence-corrected chi connectivity index (χ1v) is 7.10. The van der Waals surface area contributed by atoms with Crippen LogP contribution in [0, 0.1) is 5.92 Å². The van der Waals surface area contributed by atoms with E-state index in [1.165, 1.54) is 19.3 Å². The molecule has 5 heteroatoms. The van der Waals surface area contributed by atoms with E-state index in [4.69, 9.17) is 5.73 Å². The number of aromatic nitrogens is 2. The SMILES string of the molecule is NC(=O)C1CCCN(c2cc(C3CCC3)ncn2)C1. The molecule has 1 saturated carbocycles. The second-order valence-electron chi connectivity index (χ2n) is 5.62. The number of primary amides is 1. The molecule has 102 valence electrons. The Balaban J connectivity index is 1.75. The Morgan fingerprint density at radius 1 is 1.26 bits per heavy atom. The van der Waals surface area contributed by atoms with Gasteiger partial charge in [-0.2, -0.15) is 0 Å². The van der Waals surface area contributed by atoms with Crippen molar-refractivity contribution >= 4 is 11.7 Å². The standard InChI is InChI=1S/C14H20N4O/c15-14(19)11-5-2-6-18(8-11)13-7-12(16-9-17-13)10-3-1-4-10/h7,9-11H,1-6,8H2,(H2,15,19). The number of carbonyl (C=O) groups excluding carboxylic acids is 1. The highest BCUT2D eigenvalue weighted by atomic mass is 16.1. The molecule has 1 saturated heterocycles. The Morgan fingerprint density at radius 3 is 2.79 bits per heavy atom. The Kier molecular flexibility index (Phi) is 3.36. The average molecular weight is 260 g/mol. The van der Waals surface area contributed by atoms with Gasteiger partial charge in [-0.3, -0.25) is 4.79 Å². The van der Waals surface area contributed by atoms with Crippen molar-refractivity contribution < 1.29 is 4.79 Å². The molecule has 1 aromatic heterocycles. The fourth-order valence-electron chi connectivity index (χ4n) is 2.88. The van der Waals surface area contributed by atoms with Gasteiger partial charge in [-0.25, -0.2) is 9.97 Å². The largest absolute Gasteiger partial charge is 0.369 e. The maximum absolute atomic E-state index is 11.3. The third-order valence-corrected chi connectivity index (χ3v) is 4.34. The van der Waals surface area contributed by atoms with Crippen molar-refractivity contribution in [2.45, 2.75) is 38.0 Å². The monoisotopic (exact) mass is 260 g/mol. The molecule has 2 aliphatic rings. The number of nitrogens with zero attached hydrogens (tertiary/aromatic N) is 3. The molecule has 1 unspecified atom stereocenters. The van der Waals surface area contributed by atoms with Crippen molar-refractivity contribution in [2.24, 2.45) is 11.7 Å². The summed E-state index contributed by atoms with van der Waals surface area (Å²) in [6.45, 7) is 1.64. The van der Waals surface area contributed by atoms with Crippen LogP contribution in [0.25, 0.3) is 0 Å². The van der Waals surface area contributed by atoms with Crippen molar-refractivity contribution in [3.63, 3.8) is 0 Å². The topological polar surface area (TPSA) is 72.1 Å². The molecule has 1 aliphatic carbocycles. The van der Waals surface area contributed by atoms with E-state index in [9.17, 15) is 4.79 Å².